The average Bonchev–Trinajstić information content (AvgIpc) is 2.75. The van der Waals surface area contributed by atoms with E-state index in [1.165, 1.54) is 0 Å². The van der Waals surface area contributed by atoms with Crippen LogP contribution >= 0.6 is 28.1 Å². The van der Waals surface area contributed by atoms with Crippen LogP contribution in [0.25, 0.3) is 0 Å². The number of hydrazine groups is 1. The van der Waals surface area contributed by atoms with Gasteiger partial charge in [0.15, 0.2) is 11.2 Å². The third kappa shape index (κ3) is 7.80. The van der Waals surface area contributed by atoms with Gasteiger partial charge in [0.1, 0.15) is 11.5 Å². The third-order valence-corrected chi connectivity index (χ3v) is 5.33. The summed E-state index contributed by atoms with van der Waals surface area (Å²) in [7, 11) is 0. The van der Waals surface area contributed by atoms with Crippen molar-refractivity contribution in [2.45, 2.75) is 46.6 Å². The molecule has 2 aromatic rings. The van der Waals surface area contributed by atoms with Crippen LogP contribution in [0.15, 0.2) is 40.9 Å². The topological polar surface area (TPSA) is 88.7 Å². The molecule has 0 aliphatic rings. The standard InChI is InChI=1S/C23H28BrN3O4S/c1-5-6-11-30-20-10-8-17(24)13-19(20)22(29)25-23(32)27-26-21(28)16(4)31-18-9-7-14(2)15(3)12-18/h7-10,12-13,16H,5-6,11H2,1-4H3,(H,26,28)(H2,25,27,29,32). The summed E-state index contributed by atoms with van der Waals surface area (Å²) in [4.78, 5) is 25.0. The van der Waals surface area contributed by atoms with Crippen molar-refractivity contribution in [1.29, 1.82) is 0 Å². The van der Waals surface area contributed by atoms with Crippen molar-refractivity contribution in [2.24, 2.45) is 0 Å². The summed E-state index contributed by atoms with van der Waals surface area (Å²) in [5.74, 6) is 0.160. The number of thiocarbonyl (C=S) groups is 1. The van der Waals surface area contributed by atoms with E-state index in [9.17, 15) is 9.59 Å². The van der Waals surface area contributed by atoms with E-state index in [2.05, 4.69) is 39.0 Å². The Morgan fingerprint density at radius 1 is 1.09 bits per heavy atom. The van der Waals surface area contributed by atoms with Crippen molar-refractivity contribution in [1.82, 2.24) is 16.2 Å². The lowest BCUT2D eigenvalue weighted by molar-refractivity contribution is -0.127. The van der Waals surface area contributed by atoms with Crippen LogP contribution in [0.5, 0.6) is 11.5 Å². The molecule has 9 heteroatoms. The molecule has 0 radical (unpaired) electrons. The zero-order valence-corrected chi connectivity index (χ0v) is 21.0. The number of benzene rings is 2. The monoisotopic (exact) mass is 521 g/mol. The molecular formula is C23H28BrN3O4S. The molecule has 1 atom stereocenters. The number of carbonyl (C=O) groups excluding carboxylic acids is 2. The number of nitrogens with one attached hydrogen (secondary N) is 3. The Morgan fingerprint density at radius 2 is 1.84 bits per heavy atom. The molecule has 0 spiro atoms. The van der Waals surface area contributed by atoms with Crippen LogP contribution < -0.4 is 25.6 Å². The highest BCUT2D eigenvalue weighted by atomic mass is 79.9. The first-order valence-electron chi connectivity index (χ1n) is 10.3. The Balaban J connectivity index is 1.89. The lowest BCUT2D eigenvalue weighted by atomic mass is 10.1. The number of rotatable bonds is 8. The highest BCUT2D eigenvalue weighted by molar-refractivity contribution is 9.10. The second-order valence-corrected chi connectivity index (χ2v) is 8.57. The number of carbonyl (C=O) groups is 2. The summed E-state index contributed by atoms with van der Waals surface area (Å²) >= 11 is 8.49. The second-order valence-electron chi connectivity index (χ2n) is 7.25. The van der Waals surface area contributed by atoms with Crippen LogP contribution in [0, 0.1) is 13.8 Å². The van der Waals surface area contributed by atoms with Gasteiger partial charge in [-0.25, -0.2) is 0 Å². The number of aryl methyl sites for hydroxylation is 2. The molecule has 0 aliphatic heterocycles. The fraction of sp³-hybridized carbons (Fsp3) is 0.348. The van der Waals surface area contributed by atoms with E-state index in [-0.39, 0.29) is 5.11 Å². The molecule has 0 saturated carbocycles. The van der Waals surface area contributed by atoms with Gasteiger partial charge in [-0.15, -0.1) is 0 Å². The van der Waals surface area contributed by atoms with E-state index in [0.717, 1.165) is 28.4 Å². The predicted molar refractivity (Wildman–Crippen MR) is 132 cm³/mol. The summed E-state index contributed by atoms with van der Waals surface area (Å²) < 4.78 is 12.1. The molecule has 0 heterocycles. The SMILES string of the molecule is CCCCOc1ccc(Br)cc1C(=O)NC(=S)NNC(=O)C(C)Oc1ccc(C)c(C)c1. The van der Waals surface area contributed by atoms with Gasteiger partial charge in [-0.1, -0.05) is 35.3 Å². The molecule has 0 fully saturated rings. The average molecular weight is 522 g/mol. The lowest BCUT2D eigenvalue weighted by Gasteiger charge is -2.17. The molecule has 32 heavy (non-hydrogen) atoms. The van der Waals surface area contributed by atoms with E-state index < -0.39 is 17.9 Å². The number of hydrogen-bond acceptors (Lipinski definition) is 5. The second kappa shape index (κ2) is 12.4. The first-order chi connectivity index (χ1) is 15.2. The molecule has 2 aromatic carbocycles. The van der Waals surface area contributed by atoms with Crippen LogP contribution in [0.4, 0.5) is 0 Å². The molecule has 1 unspecified atom stereocenters. The Hall–Kier alpha value is -2.65. The van der Waals surface area contributed by atoms with Crippen LogP contribution in [0.3, 0.4) is 0 Å². The van der Waals surface area contributed by atoms with Gasteiger partial charge in [-0.2, -0.15) is 0 Å². The van der Waals surface area contributed by atoms with Gasteiger partial charge in [0.2, 0.25) is 0 Å². The number of amides is 2. The molecule has 7 nitrogen and oxygen atoms in total. The summed E-state index contributed by atoms with van der Waals surface area (Å²) in [6.45, 7) is 8.17. The first kappa shape index (κ1) is 25.6. The van der Waals surface area contributed by atoms with Crippen LogP contribution in [0.2, 0.25) is 0 Å². The van der Waals surface area contributed by atoms with Gasteiger partial charge in [-0.05, 0) is 80.9 Å². The van der Waals surface area contributed by atoms with Gasteiger partial charge in [-0.3, -0.25) is 25.8 Å². The molecule has 2 amide bonds. The zero-order valence-electron chi connectivity index (χ0n) is 18.6. The van der Waals surface area contributed by atoms with Gasteiger partial charge < -0.3 is 9.47 Å². The van der Waals surface area contributed by atoms with Gasteiger partial charge in [0.25, 0.3) is 11.8 Å². The Kier molecular flexibility index (Phi) is 9.93. The Morgan fingerprint density at radius 3 is 2.53 bits per heavy atom. The molecular weight excluding hydrogens is 494 g/mol. The minimum Gasteiger partial charge on any atom is -0.493 e. The normalized spacial score (nSPS) is 11.3. The van der Waals surface area contributed by atoms with Crippen molar-refractivity contribution in [2.75, 3.05) is 6.61 Å². The molecule has 0 saturated heterocycles. The highest BCUT2D eigenvalue weighted by Crippen LogP contribution is 2.23. The van der Waals surface area contributed by atoms with Crippen LogP contribution in [-0.2, 0) is 4.79 Å². The maximum atomic E-state index is 12.7. The molecule has 3 N–H and O–H groups in total. The van der Waals surface area contributed by atoms with Crippen molar-refractivity contribution >= 4 is 45.1 Å². The van der Waals surface area contributed by atoms with Gasteiger partial charge in [0, 0.05) is 4.47 Å². The predicted octanol–water partition coefficient (Wildman–Crippen LogP) is 4.35. The largest absolute Gasteiger partial charge is 0.493 e. The van der Waals surface area contributed by atoms with Crippen LogP contribution in [0.1, 0.15) is 48.2 Å². The minimum absolute atomic E-state index is 0.0544. The first-order valence-corrected chi connectivity index (χ1v) is 11.5. The fourth-order valence-electron chi connectivity index (χ4n) is 2.60. The smallest absolute Gasteiger partial charge is 0.279 e. The molecule has 0 aliphatic carbocycles. The maximum absolute atomic E-state index is 12.7. The molecule has 0 bridgehead atoms. The molecule has 0 aromatic heterocycles. The number of halogens is 1. The van der Waals surface area contributed by atoms with E-state index in [4.69, 9.17) is 21.7 Å². The lowest BCUT2D eigenvalue weighted by Crippen LogP contribution is -2.51. The van der Waals surface area contributed by atoms with Crippen molar-refractivity contribution < 1.29 is 19.1 Å². The quantitative estimate of drug-likeness (QED) is 0.272. The zero-order chi connectivity index (χ0) is 23.7. The summed E-state index contributed by atoms with van der Waals surface area (Å²) in [6.07, 6.45) is 1.09. The fourth-order valence-corrected chi connectivity index (χ4v) is 3.10. The number of ether oxygens (including phenoxy) is 2. The van der Waals surface area contributed by atoms with Crippen LogP contribution in [-0.4, -0.2) is 29.6 Å². The summed E-state index contributed by atoms with van der Waals surface area (Å²) in [6, 6.07) is 10.8. The number of hydrogen-bond donors (Lipinski definition) is 3. The maximum Gasteiger partial charge on any atom is 0.279 e. The van der Waals surface area contributed by atoms with Gasteiger partial charge >= 0.3 is 0 Å². The highest BCUT2D eigenvalue weighted by Gasteiger charge is 2.17. The minimum atomic E-state index is -0.772. The third-order valence-electron chi connectivity index (χ3n) is 4.63. The summed E-state index contributed by atoms with van der Waals surface area (Å²) in [5, 5.41) is 2.48. The van der Waals surface area contributed by atoms with Crippen molar-refractivity contribution in [3.05, 3.63) is 57.6 Å². The van der Waals surface area contributed by atoms with E-state index in [0.29, 0.717) is 23.7 Å². The van der Waals surface area contributed by atoms with Crippen molar-refractivity contribution in [3.8, 4) is 11.5 Å². The molecule has 2 rings (SSSR count). The van der Waals surface area contributed by atoms with E-state index in [1.54, 1.807) is 25.1 Å². The Bertz CT molecular complexity index is 984. The van der Waals surface area contributed by atoms with E-state index >= 15 is 0 Å². The van der Waals surface area contributed by atoms with Crippen molar-refractivity contribution in [3.63, 3.8) is 0 Å². The Labute approximate surface area is 202 Å². The molecule has 172 valence electrons. The number of unbranched alkanes of at least 4 members (excludes halogenated alkanes) is 1. The summed E-state index contributed by atoms with van der Waals surface area (Å²) in [5.41, 5.74) is 7.51. The van der Waals surface area contributed by atoms with Gasteiger partial charge in [0.05, 0.1) is 12.2 Å². The van der Waals surface area contributed by atoms with E-state index in [1.807, 2.05) is 32.0 Å².